The number of rotatable bonds is 1. The molecule has 0 aliphatic carbocycles. The third-order valence-corrected chi connectivity index (χ3v) is 4.22. The van der Waals surface area contributed by atoms with Crippen molar-refractivity contribution in [2.24, 2.45) is 0 Å². The Hall–Kier alpha value is -1.15. The number of fused-ring (bicyclic) bond motifs is 1. The lowest BCUT2D eigenvalue weighted by molar-refractivity contribution is 0.795. The Balaban J connectivity index is 2.17. The first-order valence-electron chi connectivity index (χ1n) is 6.67. The van der Waals surface area contributed by atoms with Crippen molar-refractivity contribution in [3.8, 4) is 0 Å². The van der Waals surface area contributed by atoms with Crippen LogP contribution in [0.5, 0.6) is 0 Å². The summed E-state index contributed by atoms with van der Waals surface area (Å²) in [7, 11) is 0. The van der Waals surface area contributed by atoms with Gasteiger partial charge in [-0.3, -0.25) is 0 Å². The Morgan fingerprint density at radius 2 is 1.71 bits per heavy atom. The topological polar surface area (TPSA) is 3.24 Å². The highest BCUT2D eigenvalue weighted by atomic mass is 35.6. The Kier molecular flexibility index (Phi) is 3.92. The number of hydrogen-bond donors (Lipinski definition) is 0. The van der Waals surface area contributed by atoms with Gasteiger partial charge in [-0.2, -0.15) is 0 Å². The van der Waals surface area contributed by atoms with Crippen molar-refractivity contribution in [1.29, 1.82) is 0 Å². The zero-order valence-corrected chi connectivity index (χ0v) is 13.7. The molecule has 1 nitrogen and oxygen atoms in total. The fourth-order valence-corrected chi connectivity index (χ4v) is 3.11. The molecule has 21 heavy (non-hydrogen) atoms. The summed E-state index contributed by atoms with van der Waals surface area (Å²) in [5.74, 6) is 0. The minimum Gasteiger partial charge on any atom is -0.330 e. The van der Waals surface area contributed by atoms with Gasteiger partial charge in [0.2, 0.25) is 3.79 Å². The molecule has 0 aromatic heterocycles. The monoisotopic (exact) mass is 337 g/mol. The standard InChI is InChI=1S/C17H14Cl3N/c1-12-7-9-15-13(11-12)8-10-16(17(18,19)20)21(15)14-5-3-2-4-6-14/h2-11,16H,1H3. The normalized spacial score (nSPS) is 17.7. The van der Waals surface area contributed by atoms with E-state index >= 15 is 0 Å². The first-order chi connectivity index (χ1) is 9.97. The molecule has 2 aromatic rings. The van der Waals surface area contributed by atoms with Crippen molar-refractivity contribution in [1.82, 2.24) is 0 Å². The second-order valence-corrected chi connectivity index (χ2v) is 7.48. The third kappa shape index (κ3) is 2.91. The van der Waals surface area contributed by atoms with Crippen LogP contribution in [0.15, 0.2) is 54.6 Å². The lowest BCUT2D eigenvalue weighted by Crippen LogP contribution is -2.41. The molecular formula is C17H14Cl3N. The van der Waals surface area contributed by atoms with E-state index < -0.39 is 3.79 Å². The summed E-state index contributed by atoms with van der Waals surface area (Å²) >= 11 is 18.6. The molecule has 0 spiro atoms. The lowest BCUT2D eigenvalue weighted by Gasteiger charge is -2.39. The smallest absolute Gasteiger partial charge is 0.214 e. The summed E-state index contributed by atoms with van der Waals surface area (Å²) in [5, 5.41) is 0. The number of nitrogens with zero attached hydrogens (tertiary/aromatic N) is 1. The van der Waals surface area contributed by atoms with Gasteiger partial charge in [0.05, 0.1) is 6.04 Å². The SMILES string of the molecule is Cc1ccc2c(c1)C=CC(C(Cl)(Cl)Cl)N2c1ccccc1. The summed E-state index contributed by atoms with van der Waals surface area (Å²) in [6.45, 7) is 2.07. The minimum absolute atomic E-state index is 0.347. The van der Waals surface area contributed by atoms with Crippen LogP contribution in [0, 0.1) is 6.92 Å². The quantitative estimate of drug-likeness (QED) is 0.585. The van der Waals surface area contributed by atoms with Gasteiger partial charge in [0.25, 0.3) is 0 Å². The van der Waals surface area contributed by atoms with Crippen LogP contribution >= 0.6 is 34.8 Å². The second-order valence-electron chi connectivity index (χ2n) is 5.11. The van der Waals surface area contributed by atoms with E-state index in [-0.39, 0.29) is 6.04 Å². The van der Waals surface area contributed by atoms with E-state index in [0.29, 0.717) is 0 Å². The van der Waals surface area contributed by atoms with E-state index in [9.17, 15) is 0 Å². The molecule has 0 bridgehead atoms. The van der Waals surface area contributed by atoms with Gasteiger partial charge in [0, 0.05) is 11.4 Å². The highest BCUT2D eigenvalue weighted by Crippen LogP contribution is 2.44. The average molecular weight is 339 g/mol. The fraction of sp³-hybridized carbons (Fsp3) is 0.176. The summed E-state index contributed by atoms with van der Waals surface area (Å²) in [4.78, 5) is 2.07. The average Bonchev–Trinajstić information content (AvgIpc) is 2.45. The van der Waals surface area contributed by atoms with Crippen molar-refractivity contribution in [3.63, 3.8) is 0 Å². The molecule has 1 unspecified atom stereocenters. The maximum absolute atomic E-state index is 6.19. The van der Waals surface area contributed by atoms with Gasteiger partial charge in [-0.15, -0.1) is 0 Å². The van der Waals surface area contributed by atoms with Crippen molar-refractivity contribution in [3.05, 3.63) is 65.7 Å². The molecule has 0 saturated carbocycles. The molecule has 1 heterocycles. The van der Waals surface area contributed by atoms with Crippen LogP contribution in [0.1, 0.15) is 11.1 Å². The molecule has 2 aromatic carbocycles. The van der Waals surface area contributed by atoms with E-state index in [1.165, 1.54) is 5.56 Å². The Morgan fingerprint density at radius 1 is 1.00 bits per heavy atom. The molecule has 1 aliphatic heterocycles. The van der Waals surface area contributed by atoms with Crippen molar-refractivity contribution in [2.45, 2.75) is 16.8 Å². The molecule has 0 N–H and O–H groups in total. The van der Waals surface area contributed by atoms with Crippen molar-refractivity contribution >= 4 is 52.3 Å². The van der Waals surface area contributed by atoms with E-state index in [2.05, 4.69) is 30.0 Å². The largest absolute Gasteiger partial charge is 0.330 e. The van der Waals surface area contributed by atoms with Gasteiger partial charge in [0.1, 0.15) is 0 Å². The van der Waals surface area contributed by atoms with Crippen LogP contribution in [0.4, 0.5) is 11.4 Å². The zero-order valence-electron chi connectivity index (χ0n) is 11.4. The van der Waals surface area contributed by atoms with Crippen LogP contribution in [-0.4, -0.2) is 9.83 Å². The predicted octanol–water partition coefficient (Wildman–Crippen LogP) is 5.90. The molecule has 3 rings (SSSR count). The molecule has 1 aliphatic rings. The fourth-order valence-electron chi connectivity index (χ4n) is 2.60. The van der Waals surface area contributed by atoms with Gasteiger partial charge >= 0.3 is 0 Å². The molecule has 108 valence electrons. The number of hydrogen-bond acceptors (Lipinski definition) is 1. The van der Waals surface area contributed by atoms with Crippen LogP contribution in [-0.2, 0) is 0 Å². The molecule has 0 fully saturated rings. The predicted molar refractivity (Wildman–Crippen MR) is 92.9 cm³/mol. The summed E-state index contributed by atoms with van der Waals surface area (Å²) in [5.41, 5.74) is 4.39. The van der Waals surface area contributed by atoms with E-state index in [4.69, 9.17) is 34.8 Å². The maximum atomic E-state index is 6.19. The van der Waals surface area contributed by atoms with Gasteiger partial charge < -0.3 is 4.90 Å². The summed E-state index contributed by atoms with van der Waals surface area (Å²) in [6, 6.07) is 15.9. The second kappa shape index (κ2) is 5.57. The van der Waals surface area contributed by atoms with Crippen LogP contribution in [0.2, 0.25) is 0 Å². The number of anilines is 2. The van der Waals surface area contributed by atoms with Crippen LogP contribution < -0.4 is 4.90 Å². The minimum atomic E-state index is -1.41. The Labute approximate surface area is 139 Å². The number of para-hydroxylation sites is 1. The van der Waals surface area contributed by atoms with Crippen molar-refractivity contribution < 1.29 is 0 Å². The van der Waals surface area contributed by atoms with Gasteiger partial charge in [-0.1, -0.05) is 76.8 Å². The van der Waals surface area contributed by atoms with E-state index in [1.54, 1.807) is 0 Å². The highest BCUT2D eigenvalue weighted by Gasteiger charge is 2.38. The molecule has 0 amide bonds. The first-order valence-corrected chi connectivity index (χ1v) is 7.80. The highest BCUT2D eigenvalue weighted by molar-refractivity contribution is 6.68. The third-order valence-electron chi connectivity index (χ3n) is 3.55. The zero-order chi connectivity index (χ0) is 15.0. The molecule has 0 radical (unpaired) electrons. The summed E-state index contributed by atoms with van der Waals surface area (Å²) < 4.78 is -1.41. The Bertz CT molecular complexity index is 674. The van der Waals surface area contributed by atoms with E-state index in [1.807, 2.05) is 42.5 Å². The number of aryl methyl sites for hydroxylation is 1. The van der Waals surface area contributed by atoms with E-state index in [0.717, 1.165) is 16.9 Å². The van der Waals surface area contributed by atoms with Crippen LogP contribution in [0.3, 0.4) is 0 Å². The summed E-state index contributed by atoms with van der Waals surface area (Å²) in [6.07, 6.45) is 3.97. The maximum Gasteiger partial charge on any atom is 0.214 e. The lowest BCUT2D eigenvalue weighted by atomic mass is 10.0. The number of alkyl halides is 3. The molecule has 1 atom stereocenters. The first kappa shape index (κ1) is 14.8. The van der Waals surface area contributed by atoms with Crippen LogP contribution in [0.25, 0.3) is 6.08 Å². The molecule has 0 saturated heterocycles. The van der Waals surface area contributed by atoms with Gasteiger partial charge in [-0.05, 0) is 36.8 Å². The Morgan fingerprint density at radius 3 is 2.38 bits per heavy atom. The molecular weight excluding hydrogens is 325 g/mol. The van der Waals surface area contributed by atoms with Crippen molar-refractivity contribution in [2.75, 3.05) is 4.90 Å². The van der Waals surface area contributed by atoms with Gasteiger partial charge in [-0.25, -0.2) is 0 Å². The number of halogens is 3. The molecule has 4 heteroatoms. The number of benzene rings is 2. The van der Waals surface area contributed by atoms with Gasteiger partial charge in [0.15, 0.2) is 0 Å².